The molecule has 0 spiro atoms. The molecular weight excluding hydrogens is 931 g/mol. The zero-order valence-corrected chi connectivity index (χ0v) is 46.6. The average molecular weight is 1010 g/mol. The molecule has 10 rings (SSSR count). The zero-order valence-electron chi connectivity index (χ0n) is 46.6. The Bertz CT molecular complexity index is 3540. The first kappa shape index (κ1) is 56.1. The van der Waals surface area contributed by atoms with E-state index in [0.717, 1.165) is 85.8 Å². The van der Waals surface area contributed by atoms with Gasteiger partial charge in [-0.05, 0) is 180 Å². The molecule has 0 saturated heterocycles. The van der Waals surface area contributed by atoms with E-state index in [2.05, 4.69) is 225 Å². The van der Waals surface area contributed by atoms with Gasteiger partial charge in [-0.25, -0.2) is 0 Å². The highest BCUT2D eigenvalue weighted by atomic mass is 16.5. The van der Waals surface area contributed by atoms with Crippen LogP contribution in [-0.2, 0) is 11.2 Å². The van der Waals surface area contributed by atoms with Crippen LogP contribution in [-0.4, -0.2) is 13.2 Å². The normalized spacial score (nSPS) is 18.4. The van der Waals surface area contributed by atoms with Gasteiger partial charge in [0.1, 0.15) is 12.4 Å². The van der Waals surface area contributed by atoms with Crippen molar-refractivity contribution >= 4 is 52.6 Å². The van der Waals surface area contributed by atoms with Crippen LogP contribution >= 0.6 is 0 Å². The number of ether oxygens (including phenoxy) is 1. The van der Waals surface area contributed by atoms with E-state index in [-0.39, 0.29) is 5.92 Å². The van der Waals surface area contributed by atoms with E-state index >= 15 is 0 Å². The second-order valence-electron chi connectivity index (χ2n) is 19.0. The SMILES string of the molecule is C/C=C\C.C=C/C=C\C.C=CC1=C(C)OC/C1=C\C=C/C(C)C1=C/Cc2ccccc2N(c2ccc(-c3c4c(c(C5=C=CC=C(c6ccc7c(c6)C=CCC7C)C=C5)c5c3=CC=CC=C=5)C=CC=C=C4)cc2)C/C=C\1.CC. The molecule has 0 amide bonds. The Kier molecular flexibility index (Phi) is 20.7. The number of anilines is 2. The van der Waals surface area contributed by atoms with Crippen molar-refractivity contribution in [1.82, 2.24) is 0 Å². The van der Waals surface area contributed by atoms with E-state index in [0.29, 0.717) is 12.5 Å². The third-order valence-electron chi connectivity index (χ3n) is 14.1. The van der Waals surface area contributed by atoms with Crippen LogP contribution in [0, 0.1) is 5.92 Å². The van der Waals surface area contributed by atoms with Crippen molar-refractivity contribution in [2.24, 2.45) is 5.92 Å². The lowest BCUT2D eigenvalue weighted by Crippen LogP contribution is -2.31. The summed E-state index contributed by atoms with van der Waals surface area (Å²) in [7, 11) is 0. The predicted octanol–water partition coefficient (Wildman–Crippen LogP) is 18.7. The second-order valence-corrected chi connectivity index (χ2v) is 19.0. The minimum absolute atomic E-state index is 0.242. The molecule has 77 heavy (non-hydrogen) atoms. The Morgan fingerprint density at radius 3 is 2.34 bits per heavy atom. The van der Waals surface area contributed by atoms with Crippen molar-refractivity contribution in [1.29, 1.82) is 0 Å². The number of rotatable bonds is 9. The number of allylic oxidation sites excluding steroid dienone is 24. The monoisotopic (exact) mass is 1010 g/mol. The second kappa shape index (κ2) is 28.3. The number of hydrogen-bond donors (Lipinski definition) is 0. The highest BCUT2D eigenvalue weighted by Gasteiger charge is 2.22. The average Bonchev–Trinajstić information content (AvgIpc) is 3.75. The fraction of sp³-hybridized carbons (Fsp3) is 0.187. The summed E-state index contributed by atoms with van der Waals surface area (Å²) in [6.45, 7) is 25.3. The fourth-order valence-corrected chi connectivity index (χ4v) is 10.0. The molecule has 0 N–H and O–H groups in total. The lowest BCUT2D eigenvalue weighted by Gasteiger charge is -2.26. The quantitative estimate of drug-likeness (QED) is 0.0941. The van der Waals surface area contributed by atoms with Crippen molar-refractivity contribution in [3.8, 4) is 11.1 Å². The summed E-state index contributed by atoms with van der Waals surface area (Å²) in [5.74, 6) is 1.72. The number of benzene rings is 4. The summed E-state index contributed by atoms with van der Waals surface area (Å²) in [4.78, 5) is 2.44. The third kappa shape index (κ3) is 13.6. The van der Waals surface area contributed by atoms with Gasteiger partial charge in [0.2, 0.25) is 0 Å². The van der Waals surface area contributed by atoms with E-state index < -0.39 is 0 Å². The molecule has 2 heteroatoms. The molecule has 2 unspecified atom stereocenters. The summed E-state index contributed by atoms with van der Waals surface area (Å²) < 4.78 is 5.76. The first-order chi connectivity index (χ1) is 37.8. The van der Waals surface area contributed by atoms with Crippen molar-refractivity contribution in [2.75, 3.05) is 18.1 Å². The standard InChI is InChI=1S/C64H53NO.C5H8.C4H8.C2H6/c1-5-56-46(4)66-43-54(56)24-14-18-44(2)47-25-17-41-65(62-30-13-12-20-49(62)33-31-47)55-38-35-51(36-39-55)64-60-28-10-6-8-26-58(60)63(59-27-9-7-11-29-61(59)64)50-22-16-21-48(32-34-50)52-37-40-57-45(3)19-15-23-53(57)42-52;1-3-5-4-2;1-3-4-2;1-2/h5-10,12-18,20-21,23-25,27-32,34-40,42,44-45H,1,19,33,41,43H2,2-4H3;3-5H,1H2,2H3;3-4H,1-2H3;1-2H3/b18-14-,25-17-,47-31+,54-24+;5-4-;4-3-;. The molecular formula is C75H75NO. The van der Waals surface area contributed by atoms with Crippen molar-refractivity contribution in [3.05, 3.63) is 297 Å². The molecule has 0 aromatic heterocycles. The van der Waals surface area contributed by atoms with Gasteiger partial charge in [0.05, 0.1) is 0 Å². The van der Waals surface area contributed by atoms with Crippen LogP contribution in [0.5, 0.6) is 0 Å². The molecule has 4 aliphatic carbocycles. The Balaban J connectivity index is 0.000000719. The Morgan fingerprint density at radius 1 is 0.766 bits per heavy atom. The maximum atomic E-state index is 5.76. The summed E-state index contributed by atoms with van der Waals surface area (Å²) in [5, 5.41) is 2.18. The van der Waals surface area contributed by atoms with E-state index in [1.807, 2.05) is 84.1 Å². The summed E-state index contributed by atoms with van der Waals surface area (Å²) >= 11 is 0. The van der Waals surface area contributed by atoms with Gasteiger partial charge in [0, 0.05) is 39.8 Å². The van der Waals surface area contributed by atoms with Gasteiger partial charge in [0.25, 0.3) is 0 Å². The fourth-order valence-electron chi connectivity index (χ4n) is 10.0. The van der Waals surface area contributed by atoms with Crippen LogP contribution in [0.25, 0.3) is 52.3 Å². The Labute approximate surface area is 461 Å². The predicted molar refractivity (Wildman–Crippen MR) is 338 cm³/mol. The largest absolute Gasteiger partial charge is 0.493 e. The molecule has 386 valence electrons. The highest BCUT2D eigenvalue weighted by molar-refractivity contribution is 5.93. The van der Waals surface area contributed by atoms with Crippen molar-refractivity contribution < 1.29 is 4.74 Å². The van der Waals surface area contributed by atoms with Gasteiger partial charge < -0.3 is 9.64 Å². The minimum atomic E-state index is 0.242. The first-order valence-electron chi connectivity index (χ1n) is 27.3. The number of para-hydroxylation sites is 1. The minimum Gasteiger partial charge on any atom is -0.493 e. The molecule has 0 saturated carbocycles. The molecule has 4 aromatic carbocycles. The molecule has 2 nitrogen and oxygen atoms in total. The third-order valence-corrected chi connectivity index (χ3v) is 14.1. The van der Waals surface area contributed by atoms with Gasteiger partial charge in [-0.15, -0.1) is 17.2 Å². The lowest BCUT2D eigenvalue weighted by atomic mass is 9.85. The van der Waals surface area contributed by atoms with E-state index in [4.69, 9.17) is 4.74 Å². The molecule has 2 atom stereocenters. The maximum absolute atomic E-state index is 5.76. The Hall–Kier alpha value is -8.60. The van der Waals surface area contributed by atoms with Crippen LogP contribution in [0.3, 0.4) is 0 Å². The van der Waals surface area contributed by atoms with Gasteiger partial charge in [-0.2, -0.15) is 0 Å². The van der Waals surface area contributed by atoms with Crippen LogP contribution in [0.1, 0.15) is 107 Å². The highest BCUT2D eigenvalue weighted by Crippen LogP contribution is 2.37. The van der Waals surface area contributed by atoms with Gasteiger partial charge in [-0.3, -0.25) is 0 Å². The molecule has 2 aliphatic heterocycles. The van der Waals surface area contributed by atoms with Crippen LogP contribution < -0.4 is 15.3 Å². The number of fused-ring (bicyclic) bond motifs is 4. The van der Waals surface area contributed by atoms with Crippen LogP contribution in [0.4, 0.5) is 11.4 Å². The Morgan fingerprint density at radius 2 is 1.57 bits per heavy atom. The lowest BCUT2D eigenvalue weighted by molar-refractivity contribution is 0.263. The van der Waals surface area contributed by atoms with E-state index in [1.54, 1.807) is 6.08 Å². The topological polar surface area (TPSA) is 12.5 Å². The van der Waals surface area contributed by atoms with Crippen molar-refractivity contribution in [3.63, 3.8) is 0 Å². The summed E-state index contributed by atoms with van der Waals surface area (Å²) in [6.07, 6.45) is 57.2. The van der Waals surface area contributed by atoms with E-state index in [1.165, 1.54) is 39.1 Å². The van der Waals surface area contributed by atoms with Gasteiger partial charge in [0.15, 0.2) is 0 Å². The maximum Gasteiger partial charge on any atom is 0.114 e. The smallest absolute Gasteiger partial charge is 0.114 e. The number of hydrogen-bond acceptors (Lipinski definition) is 2. The summed E-state index contributed by atoms with van der Waals surface area (Å²) in [6, 6.07) is 24.8. The molecule has 6 aliphatic rings. The van der Waals surface area contributed by atoms with Crippen LogP contribution in [0.15, 0.2) is 248 Å². The summed E-state index contributed by atoms with van der Waals surface area (Å²) in [5.41, 5.74) is 29.9. The first-order valence-corrected chi connectivity index (χ1v) is 27.3. The molecule has 4 aromatic rings. The zero-order chi connectivity index (χ0) is 54.5. The number of nitrogens with zero attached hydrogens (tertiary/aromatic N) is 1. The molecule has 0 radical (unpaired) electrons. The van der Waals surface area contributed by atoms with Crippen LogP contribution in [0.2, 0.25) is 0 Å². The molecule has 2 heterocycles. The van der Waals surface area contributed by atoms with Gasteiger partial charge >= 0.3 is 0 Å². The van der Waals surface area contributed by atoms with Crippen molar-refractivity contribution in [2.45, 2.75) is 74.1 Å². The van der Waals surface area contributed by atoms with Gasteiger partial charge in [-0.1, -0.05) is 205 Å². The molecule has 0 fully saturated rings. The molecule has 0 bridgehead atoms. The van der Waals surface area contributed by atoms with E-state index in [9.17, 15) is 0 Å².